The van der Waals surface area contributed by atoms with E-state index in [0.717, 1.165) is 44.6 Å². The topological polar surface area (TPSA) is 86.3 Å². The Bertz CT molecular complexity index is 1140. The van der Waals surface area contributed by atoms with E-state index in [9.17, 15) is 9.59 Å². The normalized spacial score (nSPS) is 24.2. The quantitative estimate of drug-likeness (QED) is 0.676. The molecule has 2 amide bonds. The molecule has 2 aromatic rings. The SMILES string of the molecule is O=C1C[C@@H]2CCN(C(=O)c3ccc4c(c3)OCO4)C[C@@H]2CCOc2ccc(C3CCOCC3)cc2N1. The van der Waals surface area contributed by atoms with Crippen LogP contribution in [0, 0.1) is 11.8 Å². The molecule has 36 heavy (non-hydrogen) atoms. The summed E-state index contributed by atoms with van der Waals surface area (Å²) in [6.45, 7) is 3.54. The second-order valence-corrected chi connectivity index (χ2v) is 10.2. The van der Waals surface area contributed by atoms with Crippen LogP contribution in [0.15, 0.2) is 36.4 Å². The highest BCUT2D eigenvalue weighted by Crippen LogP contribution is 2.37. The lowest BCUT2D eigenvalue weighted by atomic mass is 9.80. The molecule has 4 heterocycles. The van der Waals surface area contributed by atoms with Gasteiger partial charge in [0.2, 0.25) is 12.7 Å². The summed E-state index contributed by atoms with van der Waals surface area (Å²) in [6.07, 6.45) is 4.04. The number of fused-ring (bicyclic) bond motifs is 3. The van der Waals surface area contributed by atoms with Crippen LogP contribution in [0.4, 0.5) is 5.69 Å². The largest absolute Gasteiger partial charge is 0.491 e. The Labute approximate surface area is 210 Å². The standard InChI is InChI=1S/C28H32N2O6/c31-27-15-20-5-9-30(28(32)21-2-4-25-26(14-21)36-17-35-25)16-22(20)8-12-34-24-3-1-19(13-23(24)29-27)18-6-10-33-11-7-18/h1-4,13-14,18,20,22H,5-12,15-17H2,(H,29,31)/t20-,22-/m0/s1. The summed E-state index contributed by atoms with van der Waals surface area (Å²) in [5.74, 6) is 2.85. The highest BCUT2D eigenvalue weighted by Gasteiger charge is 2.34. The van der Waals surface area contributed by atoms with E-state index in [2.05, 4.69) is 17.4 Å². The number of piperidine rings is 1. The number of anilines is 1. The number of rotatable bonds is 2. The van der Waals surface area contributed by atoms with Gasteiger partial charge in [0.05, 0.1) is 12.3 Å². The minimum Gasteiger partial charge on any atom is -0.491 e. The van der Waals surface area contributed by atoms with Crippen molar-refractivity contribution in [2.75, 3.05) is 45.0 Å². The van der Waals surface area contributed by atoms with Gasteiger partial charge >= 0.3 is 0 Å². The lowest BCUT2D eigenvalue weighted by molar-refractivity contribution is -0.118. The molecule has 0 radical (unpaired) electrons. The van der Waals surface area contributed by atoms with Crippen molar-refractivity contribution in [3.8, 4) is 17.2 Å². The molecule has 0 unspecified atom stereocenters. The number of nitrogens with one attached hydrogen (secondary N) is 1. The zero-order valence-electron chi connectivity index (χ0n) is 20.4. The maximum Gasteiger partial charge on any atom is 0.254 e. The van der Waals surface area contributed by atoms with E-state index < -0.39 is 0 Å². The van der Waals surface area contributed by atoms with Crippen molar-refractivity contribution < 1.29 is 28.5 Å². The van der Waals surface area contributed by atoms with Crippen LogP contribution >= 0.6 is 0 Å². The maximum absolute atomic E-state index is 13.3. The van der Waals surface area contributed by atoms with E-state index in [4.69, 9.17) is 18.9 Å². The Hall–Kier alpha value is -3.26. The number of benzene rings is 2. The van der Waals surface area contributed by atoms with E-state index in [1.165, 1.54) is 5.56 Å². The number of nitrogens with zero attached hydrogens (tertiary/aromatic N) is 1. The van der Waals surface area contributed by atoms with Crippen molar-refractivity contribution in [3.05, 3.63) is 47.5 Å². The summed E-state index contributed by atoms with van der Waals surface area (Å²) in [7, 11) is 0. The van der Waals surface area contributed by atoms with Gasteiger partial charge in [0, 0.05) is 38.3 Å². The highest BCUT2D eigenvalue weighted by atomic mass is 16.7. The Balaban J connectivity index is 1.15. The van der Waals surface area contributed by atoms with Crippen molar-refractivity contribution in [1.29, 1.82) is 0 Å². The Morgan fingerprint density at radius 1 is 0.861 bits per heavy atom. The van der Waals surface area contributed by atoms with Gasteiger partial charge in [-0.2, -0.15) is 0 Å². The number of hydrogen-bond acceptors (Lipinski definition) is 6. The number of ether oxygens (including phenoxy) is 4. The molecule has 0 spiro atoms. The number of amides is 2. The van der Waals surface area contributed by atoms with Crippen molar-refractivity contribution in [2.24, 2.45) is 11.8 Å². The van der Waals surface area contributed by atoms with Crippen LogP contribution < -0.4 is 19.5 Å². The number of likely N-dealkylation sites (tertiary alicyclic amines) is 1. The number of carbonyl (C=O) groups is 2. The minimum atomic E-state index is -0.0137. The summed E-state index contributed by atoms with van der Waals surface area (Å²) < 4.78 is 22.5. The first-order chi connectivity index (χ1) is 17.6. The molecule has 0 saturated carbocycles. The Morgan fingerprint density at radius 3 is 2.58 bits per heavy atom. The summed E-state index contributed by atoms with van der Waals surface area (Å²) in [6, 6.07) is 11.5. The first-order valence-corrected chi connectivity index (χ1v) is 13.0. The molecule has 0 aromatic heterocycles. The van der Waals surface area contributed by atoms with Crippen LogP contribution in [0.25, 0.3) is 0 Å². The molecule has 2 fully saturated rings. The molecule has 8 nitrogen and oxygen atoms in total. The predicted molar refractivity (Wildman–Crippen MR) is 133 cm³/mol. The molecular weight excluding hydrogens is 460 g/mol. The van der Waals surface area contributed by atoms with Crippen molar-refractivity contribution >= 4 is 17.5 Å². The summed E-state index contributed by atoms with van der Waals surface area (Å²) >= 11 is 0. The molecule has 2 saturated heterocycles. The van der Waals surface area contributed by atoms with Gasteiger partial charge in [-0.3, -0.25) is 9.59 Å². The fourth-order valence-electron chi connectivity index (χ4n) is 5.89. The average Bonchev–Trinajstić information content (AvgIpc) is 3.38. The van der Waals surface area contributed by atoms with Gasteiger partial charge in [0.25, 0.3) is 5.91 Å². The molecule has 1 N–H and O–H groups in total. The maximum atomic E-state index is 13.3. The average molecular weight is 493 g/mol. The van der Waals surface area contributed by atoms with Crippen LogP contribution in [-0.2, 0) is 9.53 Å². The summed E-state index contributed by atoms with van der Waals surface area (Å²) in [5, 5.41) is 3.12. The van der Waals surface area contributed by atoms with E-state index >= 15 is 0 Å². The lowest BCUT2D eigenvalue weighted by Gasteiger charge is -2.39. The lowest BCUT2D eigenvalue weighted by Crippen LogP contribution is -2.45. The minimum absolute atomic E-state index is 0.0106. The Morgan fingerprint density at radius 2 is 1.69 bits per heavy atom. The molecule has 2 atom stereocenters. The summed E-state index contributed by atoms with van der Waals surface area (Å²) in [5.41, 5.74) is 2.59. The first-order valence-electron chi connectivity index (χ1n) is 13.0. The van der Waals surface area contributed by atoms with Crippen LogP contribution in [0.2, 0.25) is 0 Å². The van der Waals surface area contributed by atoms with Crippen LogP contribution in [-0.4, -0.2) is 56.4 Å². The summed E-state index contributed by atoms with van der Waals surface area (Å²) in [4.78, 5) is 28.2. The van der Waals surface area contributed by atoms with E-state index in [1.54, 1.807) is 18.2 Å². The van der Waals surface area contributed by atoms with Crippen LogP contribution in [0.3, 0.4) is 0 Å². The van der Waals surface area contributed by atoms with Gasteiger partial charge in [0.1, 0.15) is 5.75 Å². The van der Waals surface area contributed by atoms with Crippen molar-refractivity contribution in [2.45, 2.75) is 38.0 Å². The fraction of sp³-hybridized carbons (Fsp3) is 0.500. The van der Waals surface area contributed by atoms with E-state index in [0.29, 0.717) is 54.8 Å². The molecule has 0 aliphatic carbocycles. The zero-order valence-corrected chi connectivity index (χ0v) is 20.4. The van der Waals surface area contributed by atoms with Gasteiger partial charge in [-0.25, -0.2) is 0 Å². The van der Waals surface area contributed by atoms with Gasteiger partial charge in [0.15, 0.2) is 11.5 Å². The molecule has 8 heteroatoms. The third kappa shape index (κ3) is 4.74. The van der Waals surface area contributed by atoms with Crippen molar-refractivity contribution in [3.63, 3.8) is 0 Å². The molecular formula is C28H32N2O6. The van der Waals surface area contributed by atoms with Crippen molar-refractivity contribution in [1.82, 2.24) is 4.90 Å². The highest BCUT2D eigenvalue weighted by molar-refractivity contribution is 5.95. The fourth-order valence-corrected chi connectivity index (χ4v) is 5.89. The third-order valence-electron chi connectivity index (χ3n) is 7.96. The second-order valence-electron chi connectivity index (χ2n) is 10.2. The van der Waals surface area contributed by atoms with Crippen LogP contribution in [0.1, 0.15) is 53.9 Å². The third-order valence-corrected chi connectivity index (χ3v) is 7.96. The van der Waals surface area contributed by atoms with Gasteiger partial charge in [-0.05, 0) is 79.3 Å². The number of hydrogen-bond donors (Lipinski definition) is 1. The van der Waals surface area contributed by atoms with E-state index in [1.807, 2.05) is 11.0 Å². The molecule has 2 aromatic carbocycles. The first kappa shape index (κ1) is 23.2. The van der Waals surface area contributed by atoms with E-state index in [-0.39, 0.29) is 30.4 Å². The number of carbonyl (C=O) groups excluding carboxylic acids is 2. The molecule has 6 rings (SSSR count). The second kappa shape index (κ2) is 10.0. The molecule has 190 valence electrons. The van der Waals surface area contributed by atoms with Gasteiger partial charge in [-0.1, -0.05) is 6.07 Å². The monoisotopic (exact) mass is 492 g/mol. The Kier molecular flexibility index (Phi) is 6.44. The smallest absolute Gasteiger partial charge is 0.254 e. The molecule has 0 bridgehead atoms. The molecule has 4 aliphatic rings. The van der Waals surface area contributed by atoms with Gasteiger partial charge in [-0.15, -0.1) is 0 Å². The molecule has 4 aliphatic heterocycles. The predicted octanol–water partition coefficient (Wildman–Crippen LogP) is 4.20. The zero-order chi connectivity index (χ0) is 24.5. The van der Waals surface area contributed by atoms with Crippen LogP contribution in [0.5, 0.6) is 17.2 Å². The van der Waals surface area contributed by atoms with Gasteiger partial charge < -0.3 is 29.2 Å².